The molecule has 172 valence electrons. The number of thioether (sulfide) groups is 1. The number of para-hydroxylation sites is 1. The van der Waals surface area contributed by atoms with Crippen LogP contribution in [0.1, 0.15) is 23.4 Å². The quantitative estimate of drug-likeness (QED) is 0.415. The van der Waals surface area contributed by atoms with Crippen molar-refractivity contribution >= 4 is 40.9 Å². The van der Waals surface area contributed by atoms with Crippen LogP contribution in [-0.2, 0) is 11.8 Å². The standard InChI is InChI=1S/C22H17ClN6O4S/c1-12-19(30)28(21(34-12)15-5-3-4-6-17(15)29(32)33)26-22-25-18(13-7-9-14(23)10-8-13)16(11-24)20(31)27(22)2/h3-10,12,21H,1-2H3,(H,25,26). The van der Waals surface area contributed by atoms with Gasteiger partial charge in [-0.3, -0.25) is 29.7 Å². The lowest BCUT2D eigenvalue weighted by molar-refractivity contribution is -0.385. The molecule has 1 aliphatic rings. The number of anilines is 1. The number of carbonyl (C=O) groups excluding carboxylic acids is 1. The maximum absolute atomic E-state index is 13.0. The van der Waals surface area contributed by atoms with E-state index in [1.165, 1.54) is 29.9 Å². The number of rotatable bonds is 5. The molecule has 0 bridgehead atoms. The van der Waals surface area contributed by atoms with Crippen LogP contribution in [-0.4, -0.2) is 30.6 Å². The van der Waals surface area contributed by atoms with E-state index in [0.717, 1.165) is 4.57 Å². The van der Waals surface area contributed by atoms with Gasteiger partial charge in [0.2, 0.25) is 5.95 Å². The average molecular weight is 497 g/mol. The third-order valence-corrected chi connectivity index (χ3v) is 6.88. The highest BCUT2D eigenvalue weighted by Crippen LogP contribution is 2.45. The molecule has 0 radical (unpaired) electrons. The van der Waals surface area contributed by atoms with E-state index in [2.05, 4.69) is 10.4 Å². The third-order valence-electron chi connectivity index (χ3n) is 5.29. The van der Waals surface area contributed by atoms with Gasteiger partial charge in [-0.15, -0.1) is 11.8 Å². The van der Waals surface area contributed by atoms with Crippen molar-refractivity contribution in [3.05, 3.63) is 85.1 Å². The van der Waals surface area contributed by atoms with Gasteiger partial charge in [0.25, 0.3) is 17.2 Å². The van der Waals surface area contributed by atoms with Crippen LogP contribution >= 0.6 is 23.4 Å². The molecule has 2 heterocycles. The Morgan fingerprint density at radius 1 is 1.21 bits per heavy atom. The minimum atomic E-state index is -0.740. The topological polar surface area (TPSA) is 134 Å². The number of nitro benzene ring substituents is 1. The molecule has 2 aromatic carbocycles. The summed E-state index contributed by atoms with van der Waals surface area (Å²) < 4.78 is 1.12. The molecule has 1 aromatic heterocycles. The SMILES string of the molecule is CC1SC(c2ccccc2[N+](=O)[O-])N(Nc2nc(-c3ccc(Cl)cc3)c(C#N)c(=O)n2C)C1=O. The zero-order valence-electron chi connectivity index (χ0n) is 17.9. The van der Waals surface area contributed by atoms with Crippen molar-refractivity contribution < 1.29 is 9.72 Å². The van der Waals surface area contributed by atoms with Gasteiger partial charge in [-0.05, 0) is 25.1 Å². The molecule has 1 saturated heterocycles. The normalized spacial score (nSPS) is 17.5. The van der Waals surface area contributed by atoms with E-state index in [4.69, 9.17) is 11.6 Å². The van der Waals surface area contributed by atoms with Gasteiger partial charge in [-0.25, -0.2) is 9.99 Å². The second kappa shape index (κ2) is 9.17. The Morgan fingerprint density at radius 2 is 1.88 bits per heavy atom. The van der Waals surface area contributed by atoms with Crippen LogP contribution in [0.2, 0.25) is 5.02 Å². The van der Waals surface area contributed by atoms with Gasteiger partial charge >= 0.3 is 0 Å². The number of benzene rings is 2. The lowest BCUT2D eigenvalue weighted by Gasteiger charge is -2.26. The molecule has 34 heavy (non-hydrogen) atoms. The molecule has 1 N–H and O–H groups in total. The molecular weight excluding hydrogens is 480 g/mol. The number of nitriles is 1. The van der Waals surface area contributed by atoms with Gasteiger partial charge in [0.05, 0.1) is 21.4 Å². The average Bonchev–Trinajstić information content (AvgIpc) is 3.10. The van der Waals surface area contributed by atoms with Crippen LogP contribution in [0.3, 0.4) is 0 Å². The van der Waals surface area contributed by atoms with Crippen LogP contribution in [0.4, 0.5) is 11.6 Å². The smallest absolute Gasteiger partial charge is 0.275 e. The first kappa shape index (κ1) is 23.3. The Kier molecular flexibility index (Phi) is 6.28. The molecule has 3 aromatic rings. The molecule has 0 spiro atoms. The molecule has 10 nitrogen and oxygen atoms in total. The Hall–Kier alpha value is -3.88. The van der Waals surface area contributed by atoms with E-state index in [1.807, 2.05) is 6.07 Å². The minimum absolute atomic E-state index is 0.000541. The molecule has 1 fully saturated rings. The highest BCUT2D eigenvalue weighted by molar-refractivity contribution is 8.01. The highest BCUT2D eigenvalue weighted by atomic mass is 35.5. The summed E-state index contributed by atoms with van der Waals surface area (Å²) in [5, 5.41) is 21.6. The van der Waals surface area contributed by atoms with E-state index >= 15 is 0 Å². The monoisotopic (exact) mass is 496 g/mol. The first-order valence-electron chi connectivity index (χ1n) is 9.98. The molecule has 0 aliphatic carbocycles. The van der Waals surface area contributed by atoms with Gasteiger partial charge in [0, 0.05) is 23.7 Å². The largest absolute Gasteiger partial charge is 0.279 e. The molecule has 1 amide bonds. The molecule has 4 rings (SSSR count). The lowest BCUT2D eigenvalue weighted by Crippen LogP contribution is -2.38. The van der Waals surface area contributed by atoms with Crippen LogP contribution < -0.4 is 11.0 Å². The fraction of sp³-hybridized carbons (Fsp3) is 0.182. The number of nitro groups is 1. The highest BCUT2D eigenvalue weighted by Gasteiger charge is 2.42. The summed E-state index contributed by atoms with van der Waals surface area (Å²) in [6.45, 7) is 1.70. The van der Waals surface area contributed by atoms with Crippen LogP contribution in [0.25, 0.3) is 11.3 Å². The first-order valence-corrected chi connectivity index (χ1v) is 11.3. The number of carbonyl (C=O) groups is 1. The Balaban J connectivity index is 1.81. The third kappa shape index (κ3) is 4.09. The van der Waals surface area contributed by atoms with E-state index < -0.39 is 21.1 Å². The second-order valence-corrected chi connectivity index (χ2v) is 9.27. The Labute approximate surface area is 202 Å². The van der Waals surface area contributed by atoms with Gasteiger partial charge in [0.1, 0.15) is 17.0 Å². The van der Waals surface area contributed by atoms with Crippen molar-refractivity contribution in [2.24, 2.45) is 7.05 Å². The molecule has 2 atom stereocenters. The number of nitrogens with one attached hydrogen (secondary N) is 1. The number of halogens is 1. The summed E-state index contributed by atoms with van der Waals surface area (Å²) >= 11 is 7.19. The van der Waals surface area contributed by atoms with Crippen molar-refractivity contribution in [1.82, 2.24) is 14.6 Å². The first-order chi connectivity index (χ1) is 16.2. The Bertz CT molecular complexity index is 1400. The summed E-state index contributed by atoms with van der Waals surface area (Å²) in [5.74, 6) is -0.333. The summed E-state index contributed by atoms with van der Waals surface area (Å²) in [6.07, 6.45) is 0. The van der Waals surface area contributed by atoms with Crippen molar-refractivity contribution in [1.29, 1.82) is 5.26 Å². The maximum Gasteiger partial charge on any atom is 0.275 e. The van der Waals surface area contributed by atoms with E-state index in [-0.39, 0.29) is 28.8 Å². The van der Waals surface area contributed by atoms with Gasteiger partial charge < -0.3 is 0 Å². The van der Waals surface area contributed by atoms with Crippen LogP contribution in [0.5, 0.6) is 0 Å². The van der Waals surface area contributed by atoms with Crippen LogP contribution in [0.15, 0.2) is 53.3 Å². The fourth-order valence-corrected chi connectivity index (χ4v) is 4.91. The molecule has 2 unspecified atom stereocenters. The number of hydrogen-bond acceptors (Lipinski definition) is 8. The summed E-state index contributed by atoms with van der Waals surface area (Å²) in [5.41, 5.74) is 2.92. The van der Waals surface area contributed by atoms with E-state index in [1.54, 1.807) is 49.4 Å². The summed E-state index contributed by atoms with van der Waals surface area (Å²) in [4.78, 5) is 41.4. The van der Waals surface area contributed by atoms with Crippen molar-refractivity contribution in [3.8, 4) is 17.3 Å². The van der Waals surface area contributed by atoms with Crippen molar-refractivity contribution in [3.63, 3.8) is 0 Å². The van der Waals surface area contributed by atoms with E-state index in [0.29, 0.717) is 16.1 Å². The second-order valence-electron chi connectivity index (χ2n) is 7.41. The van der Waals surface area contributed by atoms with E-state index in [9.17, 15) is 25.0 Å². The van der Waals surface area contributed by atoms with Gasteiger partial charge in [-0.1, -0.05) is 35.9 Å². The van der Waals surface area contributed by atoms with Crippen LogP contribution in [0, 0.1) is 21.4 Å². The van der Waals surface area contributed by atoms with Crippen molar-refractivity contribution in [2.75, 3.05) is 5.43 Å². The predicted octanol–water partition coefficient (Wildman–Crippen LogP) is 3.87. The van der Waals surface area contributed by atoms with Gasteiger partial charge in [-0.2, -0.15) is 5.26 Å². The van der Waals surface area contributed by atoms with Gasteiger partial charge in [0.15, 0.2) is 0 Å². The number of hydrazine groups is 1. The number of hydrogen-bond donors (Lipinski definition) is 1. The molecule has 0 saturated carbocycles. The lowest BCUT2D eigenvalue weighted by atomic mass is 10.1. The Morgan fingerprint density at radius 3 is 2.53 bits per heavy atom. The number of nitrogens with zero attached hydrogens (tertiary/aromatic N) is 5. The predicted molar refractivity (Wildman–Crippen MR) is 128 cm³/mol. The maximum atomic E-state index is 13.0. The van der Waals surface area contributed by atoms with Crippen molar-refractivity contribution in [2.45, 2.75) is 17.5 Å². The summed E-state index contributed by atoms with van der Waals surface area (Å²) in [7, 11) is 1.42. The number of aromatic nitrogens is 2. The minimum Gasteiger partial charge on any atom is -0.279 e. The number of amides is 1. The molecule has 12 heteroatoms. The molecular formula is C22H17ClN6O4S. The fourth-order valence-electron chi connectivity index (χ4n) is 3.54. The zero-order chi connectivity index (χ0) is 24.6. The molecule has 1 aliphatic heterocycles. The summed E-state index contributed by atoms with van der Waals surface area (Å²) in [6, 6.07) is 14.5. The zero-order valence-corrected chi connectivity index (χ0v) is 19.5.